The topological polar surface area (TPSA) is 87.0 Å². The molecule has 2 aromatic rings. The van der Waals surface area contributed by atoms with Gasteiger partial charge in [-0.2, -0.15) is 9.67 Å². The quantitative estimate of drug-likeness (QED) is 0.765. The number of hydrogen-bond donors (Lipinski definition) is 0. The van der Waals surface area contributed by atoms with Crippen LogP contribution in [0.15, 0.2) is 13.7 Å². The lowest BCUT2D eigenvalue weighted by molar-refractivity contribution is 0.355. The molecule has 0 unspecified atom stereocenters. The fourth-order valence-electron chi connectivity index (χ4n) is 1.39. The first kappa shape index (κ1) is 11.6. The molecular formula is C10H14N4O3. The van der Waals surface area contributed by atoms with E-state index < -0.39 is 5.76 Å². The summed E-state index contributed by atoms with van der Waals surface area (Å²) in [5.74, 6) is 0.919. The van der Waals surface area contributed by atoms with E-state index in [9.17, 15) is 4.79 Å². The first-order chi connectivity index (χ1) is 8.22. The van der Waals surface area contributed by atoms with Gasteiger partial charge in [-0.25, -0.2) is 4.79 Å². The van der Waals surface area contributed by atoms with Crippen LogP contribution in [0, 0.1) is 0 Å². The van der Waals surface area contributed by atoms with Crippen molar-refractivity contribution in [3.05, 3.63) is 28.2 Å². The van der Waals surface area contributed by atoms with Crippen LogP contribution < -0.4 is 5.76 Å². The lowest BCUT2D eigenvalue weighted by Crippen LogP contribution is -2.16. The molecule has 0 aliphatic heterocycles. The monoisotopic (exact) mass is 238 g/mol. The molecule has 0 bridgehead atoms. The molecule has 0 N–H and O–H groups in total. The second-order valence-electron chi connectivity index (χ2n) is 3.63. The van der Waals surface area contributed by atoms with E-state index in [1.54, 1.807) is 0 Å². The molecule has 0 saturated carbocycles. The fourth-order valence-corrected chi connectivity index (χ4v) is 1.39. The Balaban J connectivity index is 2.15. The van der Waals surface area contributed by atoms with Crippen LogP contribution in [0.5, 0.6) is 0 Å². The average Bonchev–Trinajstić information content (AvgIpc) is 2.88. The summed E-state index contributed by atoms with van der Waals surface area (Å²) in [4.78, 5) is 15.5. The van der Waals surface area contributed by atoms with Gasteiger partial charge >= 0.3 is 5.76 Å². The minimum atomic E-state index is -0.496. The van der Waals surface area contributed by atoms with Gasteiger partial charge in [-0.15, -0.1) is 5.10 Å². The summed E-state index contributed by atoms with van der Waals surface area (Å²) < 4.78 is 11.1. The summed E-state index contributed by atoms with van der Waals surface area (Å²) in [6.07, 6.45) is 2.21. The van der Waals surface area contributed by atoms with Crippen LogP contribution >= 0.6 is 0 Å². The Morgan fingerprint density at radius 3 is 2.76 bits per heavy atom. The molecule has 0 aliphatic rings. The maximum Gasteiger partial charge on any atom is 0.437 e. The van der Waals surface area contributed by atoms with Gasteiger partial charge in [-0.05, 0) is 6.42 Å². The summed E-state index contributed by atoms with van der Waals surface area (Å²) in [5, 5.41) is 7.78. The Kier molecular flexibility index (Phi) is 3.36. The van der Waals surface area contributed by atoms with Crippen LogP contribution in [0.3, 0.4) is 0 Å². The molecule has 0 amide bonds. The summed E-state index contributed by atoms with van der Waals surface area (Å²) in [6.45, 7) is 4.07. The van der Waals surface area contributed by atoms with E-state index in [1.807, 2.05) is 13.8 Å². The van der Waals surface area contributed by atoms with Crippen LogP contribution in [-0.4, -0.2) is 19.9 Å². The van der Waals surface area contributed by atoms with Crippen molar-refractivity contribution in [2.24, 2.45) is 0 Å². The number of hydrogen-bond acceptors (Lipinski definition) is 6. The number of nitrogens with zero attached hydrogens (tertiary/aromatic N) is 4. The van der Waals surface area contributed by atoms with Crippen molar-refractivity contribution in [3.8, 4) is 0 Å². The third-order valence-corrected chi connectivity index (χ3v) is 2.22. The van der Waals surface area contributed by atoms with Crippen molar-refractivity contribution in [2.45, 2.75) is 39.7 Å². The van der Waals surface area contributed by atoms with E-state index in [2.05, 4.69) is 15.2 Å². The van der Waals surface area contributed by atoms with Crippen molar-refractivity contribution in [1.29, 1.82) is 0 Å². The van der Waals surface area contributed by atoms with Crippen LogP contribution in [0.1, 0.15) is 37.9 Å². The van der Waals surface area contributed by atoms with Crippen molar-refractivity contribution >= 4 is 0 Å². The molecule has 0 aromatic carbocycles. The molecule has 2 heterocycles. The van der Waals surface area contributed by atoms with Gasteiger partial charge in [0, 0.05) is 12.8 Å². The van der Waals surface area contributed by atoms with Crippen molar-refractivity contribution in [3.63, 3.8) is 0 Å². The normalized spacial score (nSPS) is 10.9. The zero-order chi connectivity index (χ0) is 12.3. The largest absolute Gasteiger partial charge is 0.437 e. The molecule has 7 nitrogen and oxygen atoms in total. The van der Waals surface area contributed by atoms with Gasteiger partial charge in [0.05, 0.1) is 0 Å². The summed E-state index contributed by atoms with van der Waals surface area (Å²) in [7, 11) is 0. The van der Waals surface area contributed by atoms with Gasteiger partial charge in [-0.1, -0.05) is 19.0 Å². The number of aryl methyl sites for hydroxylation is 2. The lowest BCUT2D eigenvalue weighted by atomic mass is 10.3. The Labute approximate surface area is 97.4 Å². The maximum absolute atomic E-state index is 11.4. The summed E-state index contributed by atoms with van der Waals surface area (Å²) in [6, 6.07) is 0. The van der Waals surface area contributed by atoms with Crippen LogP contribution in [0.4, 0.5) is 0 Å². The second kappa shape index (κ2) is 4.94. The Morgan fingerprint density at radius 2 is 2.12 bits per heavy atom. The fraction of sp³-hybridized carbons (Fsp3) is 0.600. The molecule has 17 heavy (non-hydrogen) atoms. The molecule has 0 radical (unpaired) electrons. The van der Waals surface area contributed by atoms with Crippen LogP contribution in [-0.2, 0) is 19.4 Å². The van der Waals surface area contributed by atoms with E-state index >= 15 is 0 Å². The maximum atomic E-state index is 11.4. The zero-order valence-electron chi connectivity index (χ0n) is 9.84. The van der Waals surface area contributed by atoms with Crippen molar-refractivity contribution in [1.82, 2.24) is 19.9 Å². The SMILES string of the molecule is CCCc1nn(Cc2nc(CC)no2)c(=O)o1. The molecular weight excluding hydrogens is 224 g/mol. The molecule has 0 aliphatic carbocycles. The highest BCUT2D eigenvalue weighted by molar-refractivity contribution is 4.86. The standard InChI is InChI=1S/C10H14N4O3/c1-3-5-8-12-14(10(15)16-8)6-9-11-7(4-2)13-17-9/h3-6H2,1-2H3. The predicted octanol–water partition coefficient (Wildman–Crippen LogP) is 0.783. The van der Waals surface area contributed by atoms with Gasteiger partial charge in [-0.3, -0.25) is 0 Å². The minimum absolute atomic E-state index is 0.152. The third-order valence-electron chi connectivity index (χ3n) is 2.22. The number of rotatable bonds is 5. The molecule has 0 atom stereocenters. The minimum Gasteiger partial charge on any atom is -0.392 e. The Bertz CT molecular complexity index is 540. The Morgan fingerprint density at radius 1 is 1.29 bits per heavy atom. The lowest BCUT2D eigenvalue weighted by Gasteiger charge is -1.90. The van der Waals surface area contributed by atoms with E-state index in [1.165, 1.54) is 4.68 Å². The molecule has 2 aromatic heterocycles. The Hall–Kier alpha value is -1.92. The molecule has 0 fully saturated rings. The molecule has 7 heteroatoms. The van der Waals surface area contributed by atoms with Gasteiger partial charge in [0.2, 0.25) is 11.8 Å². The summed E-state index contributed by atoms with van der Waals surface area (Å²) >= 11 is 0. The third kappa shape index (κ3) is 2.61. The number of aromatic nitrogens is 4. The molecule has 0 saturated heterocycles. The van der Waals surface area contributed by atoms with Crippen molar-refractivity contribution in [2.75, 3.05) is 0 Å². The molecule has 2 rings (SSSR count). The molecule has 92 valence electrons. The first-order valence-electron chi connectivity index (χ1n) is 5.61. The van der Waals surface area contributed by atoms with Crippen LogP contribution in [0.25, 0.3) is 0 Å². The van der Waals surface area contributed by atoms with E-state index in [4.69, 9.17) is 8.94 Å². The predicted molar refractivity (Wildman–Crippen MR) is 57.5 cm³/mol. The van der Waals surface area contributed by atoms with Gasteiger partial charge < -0.3 is 8.94 Å². The molecule has 0 spiro atoms. The zero-order valence-corrected chi connectivity index (χ0v) is 9.84. The first-order valence-corrected chi connectivity index (χ1v) is 5.61. The highest BCUT2D eigenvalue weighted by atomic mass is 16.5. The van der Waals surface area contributed by atoms with Crippen LogP contribution in [0.2, 0.25) is 0 Å². The highest BCUT2D eigenvalue weighted by Crippen LogP contribution is 2.01. The van der Waals surface area contributed by atoms with Crippen molar-refractivity contribution < 1.29 is 8.94 Å². The van der Waals surface area contributed by atoms with Gasteiger partial charge in [0.1, 0.15) is 6.54 Å². The van der Waals surface area contributed by atoms with E-state index in [0.29, 0.717) is 30.4 Å². The van der Waals surface area contributed by atoms with Gasteiger partial charge in [0.15, 0.2) is 5.82 Å². The summed E-state index contributed by atoms with van der Waals surface area (Å²) in [5.41, 5.74) is 0. The average molecular weight is 238 g/mol. The second-order valence-corrected chi connectivity index (χ2v) is 3.63. The smallest absolute Gasteiger partial charge is 0.392 e. The van der Waals surface area contributed by atoms with E-state index in [-0.39, 0.29) is 6.54 Å². The highest BCUT2D eigenvalue weighted by Gasteiger charge is 2.11. The van der Waals surface area contributed by atoms with E-state index in [0.717, 1.165) is 6.42 Å². The van der Waals surface area contributed by atoms with Gasteiger partial charge in [0.25, 0.3) is 0 Å².